The molecule has 2 aromatic carbocycles. The second-order valence-electron chi connectivity index (χ2n) is 7.36. The van der Waals surface area contributed by atoms with Gasteiger partial charge in [-0.2, -0.15) is 4.31 Å². The standard InChI is InChI=1S/C20H19ClN4O7S2/c21-12-1-3-16-14(9-12)19(18(11-23-16)34(30,31)25-5-7-32-8-6-25)24-17-4-2-13(33(22,28)29)10-15(17)20(26)27/h1-4,9-11H,5-8H2,(H,23,24)(H,26,27)(H2,22,28,29). The molecule has 14 heteroatoms. The predicted molar refractivity (Wildman–Crippen MR) is 124 cm³/mol. The highest BCUT2D eigenvalue weighted by Gasteiger charge is 2.31. The number of carboxylic acids is 1. The minimum Gasteiger partial charge on any atom is -0.478 e. The van der Waals surface area contributed by atoms with E-state index < -0.39 is 36.5 Å². The summed E-state index contributed by atoms with van der Waals surface area (Å²) in [5.41, 5.74) is -0.0188. The predicted octanol–water partition coefficient (Wildman–Crippen LogP) is 2.00. The van der Waals surface area contributed by atoms with E-state index in [2.05, 4.69) is 10.3 Å². The number of nitrogens with one attached hydrogen (secondary N) is 1. The first-order valence-corrected chi connectivity index (χ1v) is 13.2. The highest BCUT2D eigenvalue weighted by atomic mass is 35.5. The second-order valence-corrected chi connectivity index (χ2v) is 11.3. The van der Waals surface area contributed by atoms with Gasteiger partial charge in [-0.25, -0.2) is 26.8 Å². The van der Waals surface area contributed by atoms with E-state index >= 15 is 0 Å². The molecule has 3 aromatic rings. The number of nitrogens with zero attached hydrogens (tertiary/aromatic N) is 2. The molecule has 180 valence electrons. The summed E-state index contributed by atoms with van der Waals surface area (Å²) >= 11 is 6.15. The van der Waals surface area contributed by atoms with Crippen LogP contribution in [-0.4, -0.2) is 63.5 Å². The van der Waals surface area contributed by atoms with Crippen LogP contribution >= 0.6 is 11.6 Å². The molecule has 4 N–H and O–H groups in total. The lowest BCUT2D eigenvalue weighted by molar-refractivity contribution is 0.0697. The topological polar surface area (TPSA) is 169 Å². The van der Waals surface area contributed by atoms with Gasteiger partial charge in [-0.1, -0.05) is 11.6 Å². The van der Waals surface area contributed by atoms with Crippen LogP contribution in [0.3, 0.4) is 0 Å². The lowest BCUT2D eigenvalue weighted by Gasteiger charge is -2.27. The Labute approximate surface area is 200 Å². The Morgan fingerprint density at radius 1 is 1.12 bits per heavy atom. The number of aromatic carboxylic acids is 1. The Morgan fingerprint density at radius 3 is 2.47 bits per heavy atom. The summed E-state index contributed by atoms with van der Waals surface area (Å²) in [5.74, 6) is -1.44. The number of carboxylic acid groups (broad SMARTS) is 1. The molecule has 34 heavy (non-hydrogen) atoms. The molecule has 0 radical (unpaired) electrons. The van der Waals surface area contributed by atoms with Crippen molar-refractivity contribution < 1.29 is 31.5 Å². The highest BCUT2D eigenvalue weighted by Crippen LogP contribution is 2.36. The molecule has 1 fully saturated rings. The average Bonchev–Trinajstić information content (AvgIpc) is 2.79. The minimum absolute atomic E-state index is 0.0462. The van der Waals surface area contributed by atoms with Gasteiger partial charge in [0.25, 0.3) is 0 Å². The first-order valence-electron chi connectivity index (χ1n) is 9.82. The zero-order chi connectivity index (χ0) is 24.7. The molecule has 4 rings (SSSR count). The maximum atomic E-state index is 13.5. The molecule has 1 aliphatic rings. The maximum Gasteiger partial charge on any atom is 0.337 e. The van der Waals surface area contributed by atoms with E-state index in [1.165, 1.54) is 22.6 Å². The zero-order valence-corrected chi connectivity index (χ0v) is 19.8. The van der Waals surface area contributed by atoms with Crippen molar-refractivity contribution >= 4 is 59.9 Å². The van der Waals surface area contributed by atoms with E-state index in [4.69, 9.17) is 21.5 Å². The summed E-state index contributed by atoms with van der Waals surface area (Å²) in [6.45, 7) is 0.734. The van der Waals surface area contributed by atoms with Crippen LogP contribution in [0.25, 0.3) is 10.9 Å². The molecule has 0 unspecified atom stereocenters. The third-order valence-corrected chi connectivity index (χ3v) is 8.25. The van der Waals surface area contributed by atoms with Crippen LogP contribution in [0.15, 0.2) is 52.4 Å². The molecule has 0 spiro atoms. The van der Waals surface area contributed by atoms with Gasteiger partial charge in [0.15, 0.2) is 0 Å². The van der Waals surface area contributed by atoms with Gasteiger partial charge in [0, 0.05) is 29.7 Å². The van der Waals surface area contributed by atoms with Gasteiger partial charge in [0.05, 0.1) is 40.6 Å². The van der Waals surface area contributed by atoms with Crippen LogP contribution in [0.2, 0.25) is 5.02 Å². The molecular weight excluding hydrogens is 508 g/mol. The van der Waals surface area contributed by atoms with E-state index in [0.717, 1.165) is 12.1 Å². The Hall–Kier alpha value is -2.81. The number of hydrogen-bond donors (Lipinski definition) is 3. The summed E-state index contributed by atoms with van der Waals surface area (Å²) in [4.78, 5) is 15.5. The monoisotopic (exact) mass is 526 g/mol. The summed E-state index contributed by atoms with van der Waals surface area (Å²) in [6.07, 6.45) is 1.18. The number of primary sulfonamides is 1. The molecule has 2 heterocycles. The van der Waals surface area contributed by atoms with Crippen LogP contribution in [0.1, 0.15) is 10.4 Å². The first-order chi connectivity index (χ1) is 16.0. The molecule has 0 atom stereocenters. The van der Waals surface area contributed by atoms with E-state index in [9.17, 15) is 26.7 Å². The van der Waals surface area contributed by atoms with Gasteiger partial charge in [-0.3, -0.25) is 4.98 Å². The van der Waals surface area contributed by atoms with Crippen molar-refractivity contribution in [1.29, 1.82) is 0 Å². The van der Waals surface area contributed by atoms with Crippen LogP contribution < -0.4 is 10.5 Å². The Balaban J connectivity index is 1.94. The van der Waals surface area contributed by atoms with Crippen molar-refractivity contribution in [3.05, 3.63) is 53.2 Å². The molecule has 1 aromatic heterocycles. The van der Waals surface area contributed by atoms with Crippen LogP contribution in [0.4, 0.5) is 11.4 Å². The first kappa shape index (κ1) is 24.3. The molecule has 1 saturated heterocycles. The van der Waals surface area contributed by atoms with Gasteiger partial charge in [0.2, 0.25) is 20.0 Å². The number of fused-ring (bicyclic) bond motifs is 1. The summed E-state index contributed by atoms with van der Waals surface area (Å²) in [6, 6.07) is 7.90. The fourth-order valence-electron chi connectivity index (χ4n) is 3.52. The van der Waals surface area contributed by atoms with Gasteiger partial charge < -0.3 is 15.2 Å². The van der Waals surface area contributed by atoms with Crippen molar-refractivity contribution in [3.8, 4) is 0 Å². The van der Waals surface area contributed by atoms with Crippen LogP contribution in [-0.2, 0) is 24.8 Å². The van der Waals surface area contributed by atoms with Gasteiger partial charge in [-0.05, 0) is 36.4 Å². The van der Waals surface area contributed by atoms with E-state index in [-0.39, 0.29) is 42.6 Å². The quantitative estimate of drug-likeness (QED) is 0.434. The van der Waals surface area contributed by atoms with Gasteiger partial charge in [0.1, 0.15) is 4.90 Å². The van der Waals surface area contributed by atoms with E-state index in [1.807, 2.05) is 0 Å². The fourth-order valence-corrected chi connectivity index (χ4v) is 5.74. The number of benzene rings is 2. The average molecular weight is 527 g/mol. The zero-order valence-electron chi connectivity index (χ0n) is 17.4. The molecule has 11 nitrogen and oxygen atoms in total. The number of aromatic nitrogens is 1. The number of rotatable bonds is 6. The molecule has 0 bridgehead atoms. The summed E-state index contributed by atoms with van der Waals surface area (Å²) in [5, 5.41) is 18.3. The van der Waals surface area contributed by atoms with Crippen molar-refractivity contribution in [3.63, 3.8) is 0 Å². The fraction of sp³-hybridized carbons (Fsp3) is 0.200. The van der Waals surface area contributed by atoms with E-state index in [0.29, 0.717) is 15.9 Å². The number of pyridine rings is 1. The lowest BCUT2D eigenvalue weighted by atomic mass is 10.1. The van der Waals surface area contributed by atoms with Crippen molar-refractivity contribution in [2.24, 2.45) is 5.14 Å². The number of morpholine rings is 1. The number of nitrogens with two attached hydrogens (primary N) is 1. The molecule has 0 saturated carbocycles. The van der Waals surface area contributed by atoms with Crippen molar-refractivity contribution in [2.75, 3.05) is 31.6 Å². The number of hydrogen-bond acceptors (Lipinski definition) is 8. The van der Waals surface area contributed by atoms with Crippen LogP contribution in [0, 0.1) is 0 Å². The largest absolute Gasteiger partial charge is 0.478 e. The van der Waals surface area contributed by atoms with Crippen molar-refractivity contribution in [2.45, 2.75) is 9.79 Å². The third kappa shape index (κ3) is 4.71. The normalized spacial score (nSPS) is 15.4. The lowest BCUT2D eigenvalue weighted by Crippen LogP contribution is -2.40. The highest BCUT2D eigenvalue weighted by molar-refractivity contribution is 7.89. The molecular formula is C20H19ClN4O7S2. The summed E-state index contributed by atoms with van der Waals surface area (Å²) < 4.78 is 56.8. The molecule has 1 aliphatic heterocycles. The van der Waals surface area contributed by atoms with E-state index in [1.54, 1.807) is 12.1 Å². The SMILES string of the molecule is NS(=O)(=O)c1ccc(Nc2c(S(=O)(=O)N3CCOCC3)cnc3ccc(Cl)cc23)c(C(=O)O)c1. The minimum atomic E-state index is -4.17. The molecule has 0 aliphatic carbocycles. The van der Waals surface area contributed by atoms with Crippen LogP contribution in [0.5, 0.6) is 0 Å². The van der Waals surface area contributed by atoms with Crippen molar-refractivity contribution in [1.82, 2.24) is 9.29 Å². The van der Waals surface area contributed by atoms with Gasteiger partial charge in [-0.15, -0.1) is 0 Å². The maximum absolute atomic E-state index is 13.5. The Morgan fingerprint density at radius 2 is 1.82 bits per heavy atom. The Kier molecular flexibility index (Phi) is 6.50. The number of anilines is 2. The summed E-state index contributed by atoms with van der Waals surface area (Å²) in [7, 11) is -8.23. The number of sulfonamides is 2. The number of carbonyl (C=O) groups is 1. The second kappa shape index (κ2) is 9.09. The smallest absolute Gasteiger partial charge is 0.337 e. The third-order valence-electron chi connectivity index (χ3n) is 5.19. The van der Waals surface area contributed by atoms with Gasteiger partial charge >= 0.3 is 5.97 Å². The number of ether oxygens (including phenoxy) is 1. The Bertz CT molecular complexity index is 1500. The number of halogens is 1. The molecule has 0 amide bonds.